The van der Waals surface area contributed by atoms with Gasteiger partial charge >= 0.3 is 0 Å². The molecule has 2 N–H and O–H groups in total. The highest BCUT2D eigenvalue weighted by Crippen LogP contribution is 2.31. The minimum absolute atomic E-state index is 0.0836. The summed E-state index contributed by atoms with van der Waals surface area (Å²) in [6.45, 7) is 5.11. The predicted molar refractivity (Wildman–Crippen MR) is 126 cm³/mol. The van der Waals surface area contributed by atoms with Gasteiger partial charge in [-0.1, -0.05) is 6.42 Å². The largest absolute Gasteiger partial charge is 0.495 e. The molecule has 1 fully saturated rings. The topological polar surface area (TPSA) is 122 Å². The number of benzene rings is 2. The van der Waals surface area contributed by atoms with Crippen LogP contribution in [0.4, 0.5) is 11.4 Å². The van der Waals surface area contributed by atoms with Gasteiger partial charge in [-0.15, -0.1) is 0 Å². The maximum atomic E-state index is 13.2. The second kappa shape index (κ2) is 9.70. The summed E-state index contributed by atoms with van der Waals surface area (Å²) in [7, 11) is -6.28. The molecule has 0 radical (unpaired) electrons. The third kappa shape index (κ3) is 5.48. The highest BCUT2D eigenvalue weighted by molar-refractivity contribution is 7.92. The molecular formula is C22H29N3O6S2. The molecule has 2 aromatic carbocycles. The van der Waals surface area contributed by atoms with Crippen LogP contribution < -0.4 is 14.8 Å². The van der Waals surface area contributed by atoms with Gasteiger partial charge in [0.25, 0.3) is 10.0 Å². The minimum Gasteiger partial charge on any atom is -0.495 e. The number of hydrogen-bond acceptors (Lipinski definition) is 6. The Morgan fingerprint density at radius 2 is 1.55 bits per heavy atom. The quantitative estimate of drug-likeness (QED) is 0.607. The smallest absolute Gasteiger partial charge is 0.261 e. The van der Waals surface area contributed by atoms with Crippen molar-refractivity contribution in [1.29, 1.82) is 0 Å². The zero-order valence-electron chi connectivity index (χ0n) is 19.0. The number of amides is 1. The van der Waals surface area contributed by atoms with Gasteiger partial charge in [0.1, 0.15) is 5.75 Å². The van der Waals surface area contributed by atoms with E-state index in [0.717, 1.165) is 19.3 Å². The summed E-state index contributed by atoms with van der Waals surface area (Å²) in [6.07, 6.45) is 2.61. The SMILES string of the molecule is COc1ccc(S(=O)(=O)Nc2ccc(S(=O)(=O)N3C(C)CCCC3C)cc2)cc1NC(C)=O. The fourth-order valence-corrected chi connectivity index (χ4v) is 7.01. The van der Waals surface area contributed by atoms with Gasteiger partial charge in [-0.25, -0.2) is 16.8 Å². The number of ether oxygens (including phenoxy) is 1. The third-order valence-electron chi connectivity index (χ3n) is 5.59. The summed E-state index contributed by atoms with van der Waals surface area (Å²) in [5.74, 6) is -0.0511. The predicted octanol–water partition coefficient (Wildman–Crippen LogP) is 3.41. The van der Waals surface area contributed by atoms with Gasteiger partial charge in [-0.3, -0.25) is 9.52 Å². The summed E-state index contributed by atoms with van der Waals surface area (Å²) < 4.78 is 61.2. The number of nitrogens with zero attached hydrogens (tertiary/aromatic N) is 1. The van der Waals surface area contributed by atoms with Gasteiger partial charge in [-0.05, 0) is 69.2 Å². The van der Waals surface area contributed by atoms with Gasteiger partial charge in [0.05, 0.1) is 22.6 Å². The van der Waals surface area contributed by atoms with Crippen molar-refractivity contribution in [2.24, 2.45) is 0 Å². The van der Waals surface area contributed by atoms with E-state index in [1.165, 1.54) is 60.8 Å². The molecule has 2 aromatic rings. The van der Waals surface area contributed by atoms with Gasteiger partial charge in [0.15, 0.2) is 0 Å². The van der Waals surface area contributed by atoms with E-state index in [4.69, 9.17) is 4.74 Å². The third-order valence-corrected chi connectivity index (χ3v) is 9.11. The summed E-state index contributed by atoms with van der Waals surface area (Å²) >= 11 is 0. The Kier molecular flexibility index (Phi) is 7.35. The molecule has 180 valence electrons. The van der Waals surface area contributed by atoms with Crippen molar-refractivity contribution in [1.82, 2.24) is 4.31 Å². The van der Waals surface area contributed by atoms with E-state index in [9.17, 15) is 21.6 Å². The van der Waals surface area contributed by atoms with Crippen molar-refractivity contribution in [3.05, 3.63) is 42.5 Å². The second-order valence-corrected chi connectivity index (χ2v) is 11.7. The molecule has 1 heterocycles. The summed E-state index contributed by atoms with van der Waals surface area (Å²) in [6, 6.07) is 9.54. The van der Waals surface area contributed by atoms with Crippen LogP contribution in [-0.4, -0.2) is 46.2 Å². The molecular weight excluding hydrogens is 466 g/mol. The number of rotatable bonds is 7. The van der Waals surface area contributed by atoms with E-state index >= 15 is 0 Å². The zero-order chi connectivity index (χ0) is 24.4. The van der Waals surface area contributed by atoms with Crippen molar-refractivity contribution in [2.75, 3.05) is 17.1 Å². The van der Waals surface area contributed by atoms with Crippen LogP contribution in [0.2, 0.25) is 0 Å². The number of hydrogen-bond donors (Lipinski definition) is 2. The molecule has 0 bridgehead atoms. The maximum Gasteiger partial charge on any atom is 0.261 e. The Bertz CT molecular complexity index is 1220. The number of carbonyl (C=O) groups excluding carboxylic acids is 1. The number of anilines is 2. The molecule has 0 saturated carbocycles. The lowest BCUT2D eigenvalue weighted by Crippen LogP contribution is -2.47. The molecule has 0 aliphatic carbocycles. The Balaban J connectivity index is 1.84. The highest BCUT2D eigenvalue weighted by Gasteiger charge is 2.35. The average Bonchev–Trinajstić information content (AvgIpc) is 2.73. The molecule has 1 saturated heterocycles. The van der Waals surface area contributed by atoms with E-state index in [1.54, 1.807) is 0 Å². The monoisotopic (exact) mass is 495 g/mol. The molecule has 33 heavy (non-hydrogen) atoms. The fraction of sp³-hybridized carbons (Fsp3) is 0.409. The number of methoxy groups -OCH3 is 1. The standard InChI is InChI=1S/C22H29N3O6S2/c1-15-6-5-7-16(2)25(15)33(29,30)19-10-8-18(9-11-19)24-32(27,28)20-12-13-22(31-4)21(14-20)23-17(3)26/h8-16,24H,5-7H2,1-4H3,(H,23,26). The molecule has 2 unspecified atom stereocenters. The average molecular weight is 496 g/mol. The second-order valence-electron chi connectivity index (χ2n) is 8.14. The van der Waals surface area contributed by atoms with Crippen molar-refractivity contribution >= 4 is 37.3 Å². The Morgan fingerprint density at radius 3 is 2.09 bits per heavy atom. The minimum atomic E-state index is -4.00. The van der Waals surface area contributed by atoms with Gasteiger partial charge in [0, 0.05) is 24.7 Å². The molecule has 9 nitrogen and oxygen atoms in total. The summed E-state index contributed by atoms with van der Waals surface area (Å²) in [5, 5.41) is 2.54. The first-order valence-corrected chi connectivity index (χ1v) is 13.5. The molecule has 1 aliphatic heterocycles. The normalized spacial score (nSPS) is 19.6. The van der Waals surface area contributed by atoms with Crippen LogP contribution in [0.15, 0.2) is 52.3 Å². The van der Waals surface area contributed by atoms with Crippen LogP contribution in [0.1, 0.15) is 40.0 Å². The van der Waals surface area contributed by atoms with Crippen LogP contribution in [0.25, 0.3) is 0 Å². The molecule has 1 aliphatic rings. The van der Waals surface area contributed by atoms with E-state index in [0.29, 0.717) is 5.75 Å². The van der Waals surface area contributed by atoms with E-state index in [-0.39, 0.29) is 39.2 Å². The van der Waals surface area contributed by atoms with Crippen LogP contribution in [0.3, 0.4) is 0 Å². The lowest BCUT2D eigenvalue weighted by molar-refractivity contribution is -0.114. The van der Waals surface area contributed by atoms with Crippen molar-refractivity contribution < 1.29 is 26.4 Å². The summed E-state index contributed by atoms with van der Waals surface area (Å²) in [4.78, 5) is 11.4. The first-order valence-electron chi connectivity index (χ1n) is 10.6. The van der Waals surface area contributed by atoms with Crippen molar-refractivity contribution in [3.8, 4) is 5.75 Å². The van der Waals surface area contributed by atoms with Gasteiger partial charge < -0.3 is 10.1 Å². The fourth-order valence-electron chi connectivity index (χ4n) is 4.04. The first kappa shape index (κ1) is 25.0. The van der Waals surface area contributed by atoms with Gasteiger partial charge in [-0.2, -0.15) is 4.31 Å². The lowest BCUT2D eigenvalue weighted by atomic mass is 10.0. The highest BCUT2D eigenvalue weighted by atomic mass is 32.2. The molecule has 11 heteroatoms. The Morgan fingerprint density at radius 1 is 0.970 bits per heavy atom. The van der Waals surface area contributed by atoms with Crippen LogP contribution in [-0.2, 0) is 24.8 Å². The molecule has 3 rings (SSSR count). The van der Waals surface area contributed by atoms with E-state index in [2.05, 4.69) is 10.0 Å². The number of nitrogens with one attached hydrogen (secondary N) is 2. The van der Waals surface area contributed by atoms with Crippen molar-refractivity contribution in [3.63, 3.8) is 0 Å². The van der Waals surface area contributed by atoms with Crippen molar-refractivity contribution in [2.45, 2.75) is 61.9 Å². The maximum absolute atomic E-state index is 13.2. The number of piperidine rings is 1. The lowest BCUT2D eigenvalue weighted by Gasteiger charge is -2.37. The number of sulfonamides is 2. The Hall–Kier alpha value is -2.63. The van der Waals surface area contributed by atoms with Crippen LogP contribution in [0.5, 0.6) is 5.75 Å². The van der Waals surface area contributed by atoms with E-state index in [1.807, 2.05) is 13.8 Å². The molecule has 2 atom stereocenters. The molecule has 1 amide bonds. The first-order chi connectivity index (χ1) is 15.5. The Labute approximate surface area is 195 Å². The molecule has 0 spiro atoms. The summed E-state index contributed by atoms with van der Waals surface area (Å²) in [5.41, 5.74) is 0.435. The van der Waals surface area contributed by atoms with Crippen LogP contribution in [0, 0.1) is 0 Å². The zero-order valence-corrected chi connectivity index (χ0v) is 20.7. The van der Waals surface area contributed by atoms with E-state index < -0.39 is 20.0 Å². The molecule has 0 aromatic heterocycles. The number of carbonyl (C=O) groups is 1. The van der Waals surface area contributed by atoms with Crippen LogP contribution >= 0.6 is 0 Å². The van der Waals surface area contributed by atoms with Gasteiger partial charge in [0.2, 0.25) is 15.9 Å².